The zero-order chi connectivity index (χ0) is 49.1. The van der Waals surface area contributed by atoms with Crippen LogP contribution in [0.25, 0.3) is 21.9 Å². The summed E-state index contributed by atoms with van der Waals surface area (Å²) < 4.78 is 13.4. The Morgan fingerprint density at radius 3 is 2.51 bits per heavy atom. The summed E-state index contributed by atoms with van der Waals surface area (Å²) >= 11 is 0. The molecule has 2 bridgehead atoms. The van der Waals surface area contributed by atoms with Crippen LogP contribution in [0.4, 0.5) is 5.69 Å². The first-order valence-corrected chi connectivity index (χ1v) is 28.1. The third kappa shape index (κ3) is 11.0. The van der Waals surface area contributed by atoms with Crippen LogP contribution < -0.4 is 15.4 Å². The number of benzene rings is 4. The fourth-order valence-electron chi connectivity index (χ4n) is 12.7. The summed E-state index contributed by atoms with van der Waals surface area (Å²) in [7, 11) is 4.86. The number of hydrogen-bond acceptors (Lipinski definition) is 14. The molecule has 6 aliphatic rings. The molecule has 4 aromatic rings. The molecule has 0 saturated heterocycles. The fourth-order valence-corrected chi connectivity index (χ4v) is 15.6. The van der Waals surface area contributed by atoms with Crippen LogP contribution in [0.1, 0.15) is 149 Å². The van der Waals surface area contributed by atoms with E-state index in [-0.39, 0.29) is 84.7 Å². The second-order valence-corrected chi connectivity index (χ2v) is 23.5. The van der Waals surface area contributed by atoms with Gasteiger partial charge >= 0.3 is 0 Å². The number of ketones is 2. The molecule has 0 spiro atoms. The van der Waals surface area contributed by atoms with Crippen molar-refractivity contribution in [2.45, 2.75) is 170 Å². The van der Waals surface area contributed by atoms with Gasteiger partial charge in [0.15, 0.2) is 11.5 Å². The Labute approximate surface area is 420 Å². The van der Waals surface area contributed by atoms with Gasteiger partial charge in [-0.1, -0.05) is 65.1 Å². The van der Waals surface area contributed by atoms with E-state index in [1.54, 1.807) is 46.7 Å². The minimum Gasteiger partial charge on any atom is -0.508 e. The fraction of sp³-hybridized carbons (Fsp3) is 0.571. The average Bonchev–Trinajstić information content (AvgIpc) is 3.34. The number of nitrogens with one attached hydrogen (secondary N) is 2. The van der Waals surface area contributed by atoms with Crippen LogP contribution >= 0.6 is 21.6 Å². The van der Waals surface area contributed by atoms with Gasteiger partial charge < -0.3 is 45.4 Å². The van der Waals surface area contributed by atoms with Crippen molar-refractivity contribution >= 4 is 49.6 Å². The lowest BCUT2D eigenvalue weighted by Crippen LogP contribution is -2.44. The van der Waals surface area contributed by atoms with E-state index in [1.165, 1.54) is 7.11 Å². The van der Waals surface area contributed by atoms with Gasteiger partial charge in [-0.3, -0.25) is 14.9 Å². The lowest BCUT2D eigenvalue weighted by atomic mass is 9.69. The average molecular weight is 997 g/mol. The summed E-state index contributed by atoms with van der Waals surface area (Å²) in [4.78, 5) is 27.1. The minimum atomic E-state index is -0.718. The van der Waals surface area contributed by atoms with Crippen molar-refractivity contribution in [1.82, 2.24) is 5.32 Å². The monoisotopic (exact) mass is 996 g/mol. The summed E-state index contributed by atoms with van der Waals surface area (Å²) in [5.74, 6) is 0.812. The summed E-state index contributed by atoms with van der Waals surface area (Å²) in [5, 5.41) is 76.6. The maximum atomic E-state index is 14.7. The summed E-state index contributed by atoms with van der Waals surface area (Å²) in [6, 6.07) is 14.8. The summed E-state index contributed by atoms with van der Waals surface area (Å²) in [6.07, 6.45) is 9.73. The number of aromatic hydroxyl groups is 2. The highest BCUT2D eigenvalue weighted by Gasteiger charge is 2.42. The maximum absolute atomic E-state index is 14.7. The molecular formula is C56H72N2O10S2. The van der Waals surface area contributed by atoms with E-state index in [0.29, 0.717) is 54.7 Å². The van der Waals surface area contributed by atoms with Gasteiger partial charge in [-0.25, -0.2) is 0 Å². The number of phenols is 2. The topological polar surface area (TPSA) is 198 Å². The first-order chi connectivity index (χ1) is 33.9. The molecule has 8 atom stereocenters. The highest BCUT2D eigenvalue weighted by Crippen LogP contribution is 2.51. The van der Waals surface area contributed by atoms with Crippen molar-refractivity contribution < 1.29 is 49.7 Å². The number of carbonyl (C=O) groups is 2. The van der Waals surface area contributed by atoms with E-state index in [9.17, 15) is 40.2 Å². The predicted octanol–water partition coefficient (Wildman–Crippen LogP) is 9.69. The lowest BCUT2D eigenvalue weighted by Gasteiger charge is -2.43. The largest absolute Gasteiger partial charge is 0.508 e. The second kappa shape index (κ2) is 22.5. The van der Waals surface area contributed by atoms with Gasteiger partial charge in [0.25, 0.3) is 0 Å². The van der Waals surface area contributed by atoms with Crippen molar-refractivity contribution in [2.24, 2.45) is 11.8 Å². The molecule has 2 saturated carbocycles. The van der Waals surface area contributed by atoms with Crippen molar-refractivity contribution in [3.8, 4) is 28.4 Å². The molecular weight excluding hydrogens is 925 g/mol. The van der Waals surface area contributed by atoms with Gasteiger partial charge in [-0.05, 0) is 170 Å². The molecule has 4 aromatic carbocycles. The van der Waals surface area contributed by atoms with E-state index in [0.717, 1.165) is 114 Å². The second-order valence-electron chi connectivity index (χ2n) is 20.9. The van der Waals surface area contributed by atoms with Crippen LogP contribution in [0.5, 0.6) is 17.2 Å². The molecule has 3 aliphatic carbocycles. The molecule has 3 heterocycles. The number of aliphatic hydroxyl groups is 4. The maximum Gasteiger partial charge on any atom is 0.168 e. The highest BCUT2D eigenvalue weighted by atomic mass is 33.1. The van der Waals surface area contributed by atoms with E-state index in [2.05, 4.69) is 10.6 Å². The zero-order valence-electron chi connectivity index (χ0n) is 40.7. The quantitative estimate of drug-likeness (QED) is 0.0661. The molecule has 3 aliphatic heterocycles. The predicted molar refractivity (Wildman–Crippen MR) is 277 cm³/mol. The Morgan fingerprint density at radius 2 is 1.76 bits per heavy atom. The number of ether oxygens (including phenoxy) is 2. The molecule has 0 aromatic heterocycles. The Bertz CT molecular complexity index is 2530. The molecule has 8 unspecified atom stereocenters. The Kier molecular flexibility index (Phi) is 16.4. The van der Waals surface area contributed by atoms with Crippen LogP contribution in [0, 0.1) is 11.8 Å². The van der Waals surface area contributed by atoms with Crippen LogP contribution in [0.2, 0.25) is 0 Å². The Morgan fingerprint density at radius 1 is 0.943 bits per heavy atom. The van der Waals surface area contributed by atoms with E-state index < -0.39 is 24.0 Å². The first kappa shape index (κ1) is 51.1. The molecule has 10 rings (SSSR count). The van der Waals surface area contributed by atoms with Crippen LogP contribution in [0.3, 0.4) is 0 Å². The number of hydrogen-bond donors (Lipinski definition) is 8. The number of fused-ring (bicyclic) bond motifs is 9. The van der Waals surface area contributed by atoms with Crippen molar-refractivity contribution in [2.75, 3.05) is 25.6 Å². The van der Waals surface area contributed by atoms with E-state index in [1.807, 2.05) is 30.3 Å². The standard InChI is InChI=1S/C56H72N2O10S2/c1-32(61)28-57-53-37(30-60)24-45-52-41(36(29-59)9-16-43(52)53)17-12-38(20-23-56(66)21-4-3-5-22-56)58-55(45)68-49-27-40(63)14-7-34-10-18-47(64)54(67-2)51(34)42-15-8-33-6-13-39(62)26-44(33)46(42)31-69-70-50-19-11-35(49)25-48(50)65/h6,8,10,13,15,18,24,26,35-36,38,41,48-50,55,57-60,62,64-66H,3-5,7,9,11-12,14,16-17,19-23,25,27-31H2,1-2H3. The smallest absolute Gasteiger partial charge is 0.168 e. The van der Waals surface area contributed by atoms with Gasteiger partial charge in [-0.15, -0.1) is 0 Å². The number of Topliss-reactive ketones (excluding diaryl/α,β-unsaturated/α-hetero) is 2. The number of anilines is 1. The van der Waals surface area contributed by atoms with Gasteiger partial charge in [0.1, 0.15) is 23.5 Å². The Balaban J connectivity index is 1.11. The first-order valence-electron chi connectivity index (χ1n) is 25.8. The summed E-state index contributed by atoms with van der Waals surface area (Å²) in [6.45, 7) is 1.42. The zero-order valence-corrected chi connectivity index (χ0v) is 42.4. The van der Waals surface area contributed by atoms with Gasteiger partial charge in [0.2, 0.25) is 0 Å². The minimum absolute atomic E-state index is 0.0000688. The number of phenolic OH excluding ortho intramolecular Hbond substituents is 2. The molecule has 2 fully saturated rings. The normalized spacial score (nSPS) is 27.1. The lowest BCUT2D eigenvalue weighted by molar-refractivity contribution is -0.129. The Hall–Kier alpha value is -3.86. The van der Waals surface area contributed by atoms with Crippen LogP contribution in [-0.4, -0.2) is 91.6 Å². The van der Waals surface area contributed by atoms with Crippen molar-refractivity contribution in [1.29, 1.82) is 0 Å². The molecule has 0 amide bonds. The number of aryl methyl sites for hydroxylation is 1. The molecule has 14 heteroatoms. The molecule has 12 nitrogen and oxygen atoms in total. The molecule has 0 radical (unpaired) electrons. The van der Waals surface area contributed by atoms with E-state index in [4.69, 9.17) is 9.47 Å². The summed E-state index contributed by atoms with van der Waals surface area (Å²) in [5.41, 5.74) is 7.04. The number of rotatable bonds is 11. The van der Waals surface area contributed by atoms with Gasteiger partial charge in [0.05, 0.1) is 38.1 Å². The molecule has 8 N–H and O–H groups in total. The van der Waals surface area contributed by atoms with Crippen molar-refractivity contribution in [3.63, 3.8) is 0 Å². The number of carbonyl (C=O) groups excluding carboxylic acids is 2. The SMILES string of the molecule is COc1c(O)ccc2c1-c1ccc3ccc(O)cc3c1CSSC1CCC(CC1O)C(OC1NC(CCC3(O)CCCCC3)CCC3c4c1cc(CO)c(NCC(C)=O)c4CCC3CO)CC(=O)CC2. The molecule has 70 heavy (non-hydrogen) atoms. The number of methoxy groups -OCH3 is 1. The van der Waals surface area contributed by atoms with E-state index >= 15 is 0 Å². The third-order valence-electron chi connectivity index (χ3n) is 16.4. The number of aliphatic hydroxyl groups excluding tert-OH is 3. The van der Waals surface area contributed by atoms with Gasteiger partial charge in [0, 0.05) is 53.3 Å². The van der Waals surface area contributed by atoms with Gasteiger partial charge in [-0.2, -0.15) is 0 Å². The van der Waals surface area contributed by atoms with Crippen molar-refractivity contribution in [3.05, 3.63) is 81.9 Å². The highest BCUT2D eigenvalue weighted by molar-refractivity contribution is 8.76. The third-order valence-corrected chi connectivity index (χ3v) is 19.2. The molecule has 378 valence electrons. The van der Waals surface area contributed by atoms with Crippen LogP contribution in [0.15, 0.2) is 48.5 Å². The van der Waals surface area contributed by atoms with Crippen LogP contribution in [-0.2, 0) is 39.5 Å².